The molecule has 2 fully saturated rings. The van der Waals surface area contributed by atoms with E-state index in [-0.39, 0.29) is 24.3 Å². The maximum atomic E-state index is 14.6. The van der Waals surface area contributed by atoms with E-state index < -0.39 is 21.6 Å². The van der Waals surface area contributed by atoms with Gasteiger partial charge < -0.3 is 20.2 Å². The van der Waals surface area contributed by atoms with Crippen molar-refractivity contribution in [2.75, 3.05) is 46.8 Å². The predicted molar refractivity (Wildman–Crippen MR) is 151 cm³/mol. The number of aliphatic hydroxyl groups is 1. The van der Waals surface area contributed by atoms with Gasteiger partial charge in [-0.15, -0.1) is 0 Å². The van der Waals surface area contributed by atoms with Crippen molar-refractivity contribution in [2.45, 2.75) is 57.8 Å². The summed E-state index contributed by atoms with van der Waals surface area (Å²) >= 11 is 1.18. The largest absolute Gasteiger partial charge is 0.390 e. The van der Waals surface area contributed by atoms with Gasteiger partial charge in [-0.25, -0.2) is 17.8 Å². The second kappa shape index (κ2) is 9.87. The third-order valence-corrected chi connectivity index (χ3v) is 9.42. The summed E-state index contributed by atoms with van der Waals surface area (Å²) < 4.78 is 42.6. The van der Waals surface area contributed by atoms with Crippen molar-refractivity contribution in [3.63, 3.8) is 0 Å². The number of fused-ring (bicyclic) bond motifs is 1. The molecule has 4 atom stereocenters. The first-order valence-electron chi connectivity index (χ1n) is 12.9. The van der Waals surface area contributed by atoms with Crippen LogP contribution in [0.4, 0.5) is 27.0 Å². The number of nitrogens with one attached hydrogen (secondary N) is 1. The molecule has 2 aliphatic rings. The van der Waals surface area contributed by atoms with Gasteiger partial charge in [0.2, 0.25) is 11.1 Å². The number of piperidine rings is 1. The second-order valence-corrected chi connectivity index (χ2v) is 14.2. The molecule has 0 aliphatic carbocycles. The maximum absolute atomic E-state index is 14.6. The Bertz CT molecular complexity index is 1440. The number of anilines is 4. The third kappa shape index (κ3) is 5.30. The summed E-state index contributed by atoms with van der Waals surface area (Å²) in [6, 6.07) is 6.40. The fourth-order valence-electron chi connectivity index (χ4n) is 5.47. The van der Waals surface area contributed by atoms with Crippen LogP contribution in [-0.2, 0) is 9.84 Å². The molecule has 2 N–H and O–H groups in total. The molecule has 206 valence electrons. The average molecular weight is 563 g/mol. The Hall–Kier alpha value is -2.57. The van der Waals surface area contributed by atoms with Gasteiger partial charge in [-0.2, -0.15) is 9.36 Å². The topological polar surface area (TPSA) is 112 Å². The monoisotopic (exact) mass is 562 g/mol. The third-order valence-electron chi connectivity index (χ3n) is 7.77. The van der Waals surface area contributed by atoms with Crippen LogP contribution < -0.4 is 15.1 Å². The Labute approximate surface area is 227 Å². The van der Waals surface area contributed by atoms with E-state index >= 15 is 0 Å². The van der Waals surface area contributed by atoms with E-state index in [1.165, 1.54) is 30.3 Å². The van der Waals surface area contributed by atoms with Crippen molar-refractivity contribution >= 4 is 54.7 Å². The van der Waals surface area contributed by atoms with Crippen LogP contribution in [0.15, 0.2) is 24.4 Å². The van der Waals surface area contributed by atoms with Crippen LogP contribution in [0.25, 0.3) is 10.8 Å². The van der Waals surface area contributed by atoms with Crippen LogP contribution in [0.2, 0.25) is 0 Å². The first kappa shape index (κ1) is 27.0. The highest BCUT2D eigenvalue weighted by atomic mass is 32.2. The lowest BCUT2D eigenvalue weighted by molar-refractivity contribution is -0.00855. The first-order chi connectivity index (χ1) is 17.8. The Morgan fingerprint density at radius 1 is 1.32 bits per heavy atom. The zero-order valence-corrected chi connectivity index (χ0v) is 24.0. The number of rotatable bonds is 7. The fraction of sp³-hybridized carbons (Fsp3) is 0.577. The summed E-state index contributed by atoms with van der Waals surface area (Å²) in [5, 5.41) is 15.8. The van der Waals surface area contributed by atoms with Gasteiger partial charge in [-0.3, -0.25) is 0 Å². The molecule has 4 heterocycles. The van der Waals surface area contributed by atoms with Gasteiger partial charge in [0.25, 0.3) is 0 Å². The minimum Gasteiger partial charge on any atom is -0.390 e. The highest BCUT2D eigenvalue weighted by molar-refractivity contribution is 7.90. The van der Waals surface area contributed by atoms with Crippen LogP contribution in [0, 0.1) is 5.92 Å². The number of hydrogen-bond donors (Lipinski definition) is 2. The summed E-state index contributed by atoms with van der Waals surface area (Å²) in [7, 11) is -3.02. The van der Waals surface area contributed by atoms with E-state index in [1.807, 2.05) is 12.3 Å². The molecule has 38 heavy (non-hydrogen) atoms. The number of halogens is 1. The van der Waals surface area contributed by atoms with Gasteiger partial charge in [0, 0.05) is 60.1 Å². The van der Waals surface area contributed by atoms with Gasteiger partial charge in [-0.1, -0.05) is 19.9 Å². The zero-order chi connectivity index (χ0) is 27.4. The minimum absolute atomic E-state index is 0.0407. The number of aliphatic hydroxyl groups excluding tert-OH is 1. The lowest BCUT2D eigenvalue weighted by atomic mass is 9.88. The molecule has 3 aromatic rings. The van der Waals surface area contributed by atoms with Crippen LogP contribution in [0.3, 0.4) is 0 Å². The molecule has 0 unspecified atom stereocenters. The SMILES string of the molecule is CC(C)c1ccc(N2C[C@H](CS(C)(=O)=O)[C@H]2C)c2cnc(Nc3nc(N4CC[C@@H](O)[C@@](C)(F)C4)ns3)cc12. The van der Waals surface area contributed by atoms with Crippen LogP contribution in [0.5, 0.6) is 0 Å². The number of nitrogens with zero attached hydrogens (tertiary/aromatic N) is 5. The summed E-state index contributed by atoms with van der Waals surface area (Å²) in [4.78, 5) is 13.2. The molecule has 9 nitrogen and oxygen atoms in total. The van der Waals surface area contributed by atoms with Crippen molar-refractivity contribution in [1.29, 1.82) is 0 Å². The van der Waals surface area contributed by atoms with Crippen molar-refractivity contribution in [3.05, 3.63) is 30.0 Å². The average Bonchev–Trinajstić information content (AvgIpc) is 3.30. The Balaban J connectivity index is 1.39. The lowest BCUT2D eigenvalue weighted by Gasteiger charge is -2.48. The smallest absolute Gasteiger partial charge is 0.239 e. The van der Waals surface area contributed by atoms with Crippen LogP contribution in [0.1, 0.15) is 45.6 Å². The summed E-state index contributed by atoms with van der Waals surface area (Å²) in [6.45, 7) is 9.02. The van der Waals surface area contributed by atoms with Gasteiger partial charge in [0.05, 0.1) is 18.4 Å². The highest BCUT2D eigenvalue weighted by Crippen LogP contribution is 2.40. The van der Waals surface area contributed by atoms with Crippen molar-refractivity contribution in [2.24, 2.45) is 5.92 Å². The molecule has 0 amide bonds. The van der Waals surface area contributed by atoms with Crippen molar-refractivity contribution in [1.82, 2.24) is 14.3 Å². The standard InChI is InChI=1S/C26H35FN6O3S2/c1-15(2)18-6-7-21(33-12-17(16(33)3)13-38(5,35)36)20-11-28-23(10-19(18)20)29-25-30-24(31-37-25)32-9-8-22(34)26(4,27)14-32/h6-7,10-11,15-17,22,34H,8-9,12-14H2,1-5H3,(H,28,29,30,31)/t16-,17-,22-,26+/m1/s1. The van der Waals surface area contributed by atoms with Gasteiger partial charge in [-0.05, 0) is 49.3 Å². The van der Waals surface area contributed by atoms with Gasteiger partial charge >= 0.3 is 0 Å². The summed E-state index contributed by atoms with van der Waals surface area (Å²) in [5.41, 5.74) is 0.545. The summed E-state index contributed by atoms with van der Waals surface area (Å²) in [6.07, 6.45) is 2.50. The number of hydrogen-bond acceptors (Lipinski definition) is 10. The van der Waals surface area contributed by atoms with E-state index in [9.17, 15) is 17.9 Å². The molecular weight excluding hydrogens is 527 g/mol. The number of sulfone groups is 1. The van der Waals surface area contributed by atoms with E-state index in [0.29, 0.717) is 42.3 Å². The fourth-order valence-corrected chi connectivity index (χ4v) is 7.23. The number of pyridine rings is 1. The van der Waals surface area contributed by atoms with Crippen LogP contribution in [-0.4, -0.2) is 77.3 Å². The molecule has 2 aromatic heterocycles. The second-order valence-electron chi connectivity index (χ2n) is 11.2. The van der Waals surface area contributed by atoms with Crippen molar-refractivity contribution in [3.8, 4) is 0 Å². The number of aromatic nitrogens is 3. The van der Waals surface area contributed by atoms with E-state index in [1.54, 1.807) is 4.90 Å². The normalized spacial score (nSPS) is 26.2. The Morgan fingerprint density at radius 2 is 2.08 bits per heavy atom. The highest BCUT2D eigenvalue weighted by Gasteiger charge is 2.40. The molecule has 2 saturated heterocycles. The number of alkyl halides is 1. The van der Waals surface area contributed by atoms with Gasteiger partial charge in [0.15, 0.2) is 5.67 Å². The quantitative estimate of drug-likeness (QED) is 0.439. The molecule has 2 aliphatic heterocycles. The Morgan fingerprint density at radius 3 is 2.74 bits per heavy atom. The minimum atomic E-state index is -3.02. The maximum Gasteiger partial charge on any atom is 0.239 e. The number of benzene rings is 1. The molecule has 0 radical (unpaired) electrons. The van der Waals surface area contributed by atoms with E-state index in [4.69, 9.17) is 0 Å². The van der Waals surface area contributed by atoms with Crippen molar-refractivity contribution < 1.29 is 17.9 Å². The van der Waals surface area contributed by atoms with Crippen LogP contribution >= 0.6 is 11.5 Å². The molecule has 1 aromatic carbocycles. The molecule has 12 heteroatoms. The summed E-state index contributed by atoms with van der Waals surface area (Å²) in [5.74, 6) is 1.69. The van der Waals surface area contributed by atoms with E-state index in [2.05, 4.69) is 57.5 Å². The zero-order valence-electron chi connectivity index (χ0n) is 22.3. The molecule has 0 spiro atoms. The Kier molecular flexibility index (Phi) is 7.02. The molecule has 0 saturated carbocycles. The lowest BCUT2D eigenvalue weighted by Crippen LogP contribution is -2.57. The van der Waals surface area contributed by atoms with E-state index in [0.717, 1.165) is 16.5 Å². The predicted octanol–water partition coefficient (Wildman–Crippen LogP) is 4.12. The molecular formula is C26H35FN6O3S2. The molecule has 0 bridgehead atoms. The first-order valence-corrected chi connectivity index (χ1v) is 15.8. The molecule has 5 rings (SSSR count). The van der Waals surface area contributed by atoms with Gasteiger partial charge in [0.1, 0.15) is 15.7 Å².